The van der Waals surface area contributed by atoms with E-state index in [4.69, 9.17) is 0 Å². The van der Waals surface area contributed by atoms with E-state index in [1.165, 1.54) is 164 Å². The van der Waals surface area contributed by atoms with Crippen LogP contribution in [0.2, 0.25) is 0 Å². The van der Waals surface area contributed by atoms with Crippen LogP contribution in [0.4, 0.5) is 0 Å². The summed E-state index contributed by atoms with van der Waals surface area (Å²) in [6.45, 7) is 13.8. The Morgan fingerprint density at radius 3 is 1.04 bits per heavy atom. The van der Waals surface area contributed by atoms with Crippen molar-refractivity contribution in [1.82, 2.24) is 9.13 Å². The molecular weight excluding hydrogens is 818 g/mol. The van der Waals surface area contributed by atoms with Gasteiger partial charge in [0.05, 0.1) is 22.1 Å². The number of aryl methyl sites for hydroxylation is 6. The monoisotopic (exact) mass is 864 g/mol. The number of hydrogen-bond acceptors (Lipinski definition) is 0. The summed E-state index contributed by atoms with van der Waals surface area (Å²) in [6, 6.07) is 65.8. The minimum absolute atomic E-state index is 0.0144. The lowest BCUT2D eigenvalue weighted by Gasteiger charge is -2.34. The normalized spacial score (nSPS) is 13.1. The number of benzene rings is 11. The van der Waals surface area contributed by atoms with Crippen LogP contribution in [0.1, 0.15) is 33.4 Å². The van der Waals surface area contributed by atoms with E-state index in [1.807, 2.05) is 0 Å². The maximum absolute atomic E-state index is 2.71. The summed E-state index contributed by atoms with van der Waals surface area (Å²) in [4.78, 5) is 0. The zero-order valence-electron chi connectivity index (χ0n) is 39.2. The Kier molecular flexibility index (Phi) is 7.56. The molecular formula is C64H46B2N2. The van der Waals surface area contributed by atoms with Gasteiger partial charge in [-0.15, -0.1) is 0 Å². The SMILES string of the molecule is Cc1cc(C)c(B2c3cc4c(cc3-n3c5c2cc2ccccc2c5c2ccc5ccccc5c23)B(c2c(C)cc(C)cc2C)c2cc3ccccc3c3c5ccc6ccccc6c5n-4c23)c(C)c1. The summed E-state index contributed by atoms with van der Waals surface area (Å²) in [5.74, 6) is 0. The van der Waals surface area contributed by atoms with Crippen molar-refractivity contribution < 1.29 is 0 Å². The lowest BCUT2D eigenvalue weighted by atomic mass is 9.32. The van der Waals surface area contributed by atoms with Crippen molar-refractivity contribution in [2.75, 3.05) is 0 Å². The first-order chi connectivity index (χ1) is 33.2. The summed E-state index contributed by atoms with van der Waals surface area (Å²) in [5.41, 5.74) is 24.0. The van der Waals surface area contributed by atoms with E-state index >= 15 is 0 Å². The van der Waals surface area contributed by atoms with Crippen molar-refractivity contribution in [2.24, 2.45) is 0 Å². The molecule has 68 heavy (non-hydrogen) atoms. The molecule has 0 radical (unpaired) electrons. The molecule has 11 aromatic carbocycles. The fourth-order valence-corrected chi connectivity index (χ4v) is 14.0. The van der Waals surface area contributed by atoms with Gasteiger partial charge in [0.2, 0.25) is 13.4 Å². The van der Waals surface area contributed by atoms with Crippen LogP contribution in [0.25, 0.3) is 98.1 Å². The highest BCUT2D eigenvalue weighted by molar-refractivity contribution is 7.00. The van der Waals surface area contributed by atoms with E-state index in [0.717, 1.165) is 0 Å². The smallest absolute Gasteiger partial charge is 0.247 e. The maximum atomic E-state index is 2.71. The van der Waals surface area contributed by atoms with Crippen molar-refractivity contribution in [3.05, 3.63) is 203 Å². The molecule has 13 aromatic rings. The maximum Gasteiger partial charge on any atom is 0.247 e. The van der Waals surface area contributed by atoms with Crippen LogP contribution in [0.5, 0.6) is 0 Å². The fraction of sp³-hybridized carbons (Fsp3) is 0.0938. The third-order valence-electron chi connectivity index (χ3n) is 16.3. The number of rotatable bonds is 2. The molecule has 0 atom stereocenters. The molecule has 15 rings (SSSR count). The average molecular weight is 865 g/mol. The van der Waals surface area contributed by atoms with Crippen molar-refractivity contribution in [2.45, 2.75) is 41.5 Å². The second kappa shape index (κ2) is 13.4. The molecule has 0 saturated carbocycles. The van der Waals surface area contributed by atoms with E-state index < -0.39 is 0 Å². The second-order valence-corrected chi connectivity index (χ2v) is 20.3. The van der Waals surface area contributed by atoms with Crippen LogP contribution in [0, 0.1) is 41.5 Å². The van der Waals surface area contributed by atoms with Crippen molar-refractivity contribution in [1.29, 1.82) is 0 Å². The first-order valence-electron chi connectivity index (χ1n) is 24.3. The van der Waals surface area contributed by atoms with Gasteiger partial charge in [0.15, 0.2) is 0 Å². The molecule has 0 saturated heterocycles. The molecule has 0 unspecified atom stereocenters. The minimum Gasteiger partial charge on any atom is -0.310 e. The van der Waals surface area contributed by atoms with Gasteiger partial charge in [0.25, 0.3) is 0 Å². The Labute approximate surface area is 396 Å². The van der Waals surface area contributed by atoms with E-state index in [2.05, 4.69) is 221 Å². The summed E-state index contributed by atoms with van der Waals surface area (Å²) >= 11 is 0. The number of nitrogens with zero attached hydrogens (tertiary/aromatic N) is 2. The Hall–Kier alpha value is -7.81. The third-order valence-corrected chi connectivity index (χ3v) is 16.3. The second-order valence-electron chi connectivity index (χ2n) is 20.3. The molecule has 2 aliphatic heterocycles. The van der Waals surface area contributed by atoms with E-state index in [-0.39, 0.29) is 13.4 Å². The minimum atomic E-state index is -0.0144. The molecule has 0 fully saturated rings. The van der Waals surface area contributed by atoms with Gasteiger partial charge >= 0.3 is 0 Å². The molecule has 2 aromatic heterocycles. The largest absolute Gasteiger partial charge is 0.310 e. The lowest BCUT2D eigenvalue weighted by Crippen LogP contribution is -2.61. The number of aromatic nitrogens is 2. The van der Waals surface area contributed by atoms with Crippen LogP contribution in [0.15, 0.2) is 170 Å². The Balaban J connectivity index is 1.21. The molecule has 0 amide bonds. The zero-order chi connectivity index (χ0) is 45.4. The summed E-state index contributed by atoms with van der Waals surface area (Å²) < 4.78 is 5.42. The van der Waals surface area contributed by atoms with E-state index in [9.17, 15) is 0 Å². The van der Waals surface area contributed by atoms with Gasteiger partial charge in [-0.1, -0.05) is 202 Å². The number of fused-ring (bicyclic) bond motifs is 18. The fourth-order valence-electron chi connectivity index (χ4n) is 14.0. The highest BCUT2D eigenvalue weighted by Gasteiger charge is 2.42. The van der Waals surface area contributed by atoms with Crippen LogP contribution in [-0.4, -0.2) is 22.6 Å². The first kappa shape index (κ1) is 38.3. The van der Waals surface area contributed by atoms with Gasteiger partial charge in [-0.2, -0.15) is 0 Å². The van der Waals surface area contributed by atoms with Gasteiger partial charge in [0.1, 0.15) is 0 Å². The predicted octanol–water partition coefficient (Wildman–Crippen LogP) is 12.0. The van der Waals surface area contributed by atoms with Crippen LogP contribution in [0.3, 0.4) is 0 Å². The highest BCUT2D eigenvalue weighted by Crippen LogP contribution is 2.44. The van der Waals surface area contributed by atoms with Crippen molar-refractivity contribution in [3.8, 4) is 11.4 Å². The summed E-state index contributed by atoms with van der Waals surface area (Å²) in [6.07, 6.45) is 0. The van der Waals surface area contributed by atoms with Gasteiger partial charge in [0, 0.05) is 43.7 Å². The Morgan fingerprint density at radius 1 is 0.294 bits per heavy atom. The lowest BCUT2D eigenvalue weighted by molar-refractivity contribution is 1.17. The third kappa shape index (κ3) is 4.85. The van der Waals surface area contributed by atoms with E-state index in [1.54, 1.807) is 0 Å². The molecule has 0 aliphatic carbocycles. The van der Waals surface area contributed by atoms with Gasteiger partial charge < -0.3 is 9.13 Å². The molecule has 0 bridgehead atoms. The van der Waals surface area contributed by atoms with Gasteiger partial charge in [-0.05, 0) is 108 Å². The molecule has 318 valence electrons. The molecule has 4 heteroatoms. The van der Waals surface area contributed by atoms with Crippen LogP contribution >= 0.6 is 0 Å². The first-order valence-corrected chi connectivity index (χ1v) is 24.3. The van der Waals surface area contributed by atoms with Gasteiger partial charge in [-0.3, -0.25) is 0 Å². The standard InChI is InChI=1S/C64H46B2N2/c1-35-27-37(3)59(38(4)28-35)65-51-33-56-52(34-55(51)67-61-47-21-13-7-15-41(47)23-25-49(61)57-45-19-11-9-17-43(45)31-53(65)63(57)67)66(60-39(5)29-36(2)30-40(60)6)54-32-44-18-10-12-20-46(44)58-50-26-24-42-16-8-14-22-48(42)62(50)68(56)64(54)58/h7-34H,1-6H3. The van der Waals surface area contributed by atoms with Crippen LogP contribution < -0.4 is 32.8 Å². The van der Waals surface area contributed by atoms with Gasteiger partial charge in [-0.25, -0.2) is 0 Å². The quantitative estimate of drug-likeness (QED) is 0.153. The summed E-state index contributed by atoms with van der Waals surface area (Å²) in [5, 5.41) is 15.6. The van der Waals surface area contributed by atoms with Crippen molar-refractivity contribution >= 4 is 133 Å². The Bertz CT molecular complexity index is 4140. The zero-order valence-corrected chi connectivity index (χ0v) is 39.2. The molecule has 2 nitrogen and oxygen atoms in total. The topological polar surface area (TPSA) is 9.86 Å². The molecule has 4 heterocycles. The number of hydrogen-bond donors (Lipinski definition) is 0. The Morgan fingerprint density at radius 2 is 0.647 bits per heavy atom. The molecule has 0 spiro atoms. The average Bonchev–Trinajstić information content (AvgIpc) is 3.88. The predicted molar refractivity (Wildman–Crippen MR) is 296 cm³/mol. The molecule has 0 N–H and O–H groups in total. The van der Waals surface area contributed by atoms with Crippen molar-refractivity contribution in [3.63, 3.8) is 0 Å². The highest BCUT2D eigenvalue weighted by atomic mass is 15.0. The van der Waals surface area contributed by atoms with Crippen LogP contribution in [-0.2, 0) is 0 Å². The summed E-state index contributed by atoms with van der Waals surface area (Å²) in [7, 11) is 0. The van der Waals surface area contributed by atoms with E-state index in [0.29, 0.717) is 0 Å². The molecule has 2 aliphatic rings.